The highest BCUT2D eigenvalue weighted by Crippen LogP contribution is 2.27. The van der Waals surface area contributed by atoms with E-state index >= 15 is 0 Å². The lowest BCUT2D eigenvalue weighted by Gasteiger charge is -2.26. The second-order valence-corrected chi connectivity index (χ2v) is 6.66. The van der Waals surface area contributed by atoms with E-state index in [0.29, 0.717) is 12.2 Å². The zero-order valence-corrected chi connectivity index (χ0v) is 16.2. The average Bonchev–Trinajstić information content (AvgIpc) is 2.67. The third-order valence-electron chi connectivity index (χ3n) is 3.96. The van der Waals surface area contributed by atoms with E-state index in [4.69, 9.17) is 11.6 Å². The van der Waals surface area contributed by atoms with Gasteiger partial charge in [0, 0.05) is 30.5 Å². The van der Waals surface area contributed by atoms with Crippen molar-refractivity contribution in [2.24, 2.45) is 0 Å². The maximum absolute atomic E-state index is 12.8. The van der Waals surface area contributed by atoms with Crippen LogP contribution in [0.2, 0.25) is 5.02 Å². The minimum Gasteiger partial charge on any atom is -0.360 e. The van der Waals surface area contributed by atoms with Crippen LogP contribution < -0.4 is 5.32 Å². The number of carbonyl (C=O) groups excluding carboxylic acids is 1. The van der Waals surface area contributed by atoms with Gasteiger partial charge in [0.2, 0.25) is 0 Å². The van der Waals surface area contributed by atoms with Crippen molar-refractivity contribution < 1.29 is 9.72 Å². The van der Waals surface area contributed by atoms with Gasteiger partial charge in [-0.15, -0.1) is 0 Å². The van der Waals surface area contributed by atoms with Crippen molar-refractivity contribution >= 4 is 28.9 Å². The molecule has 144 valence electrons. The van der Waals surface area contributed by atoms with Crippen LogP contribution in [0.3, 0.4) is 0 Å². The predicted molar refractivity (Wildman–Crippen MR) is 108 cm³/mol. The predicted octanol–water partition coefficient (Wildman–Crippen LogP) is 4.50. The summed E-state index contributed by atoms with van der Waals surface area (Å²) in [5, 5.41) is 23.2. The number of nitrogens with one attached hydrogen (secondary N) is 1. The van der Waals surface area contributed by atoms with Gasteiger partial charge in [-0.1, -0.05) is 41.9 Å². The van der Waals surface area contributed by atoms with E-state index < -0.39 is 10.8 Å². The summed E-state index contributed by atoms with van der Waals surface area (Å²) in [6, 6.07) is 15.4. The number of rotatable bonds is 7. The van der Waals surface area contributed by atoms with Crippen LogP contribution in [0, 0.1) is 21.4 Å². The Bertz CT molecular complexity index is 936. The van der Waals surface area contributed by atoms with E-state index in [9.17, 15) is 20.2 Å². The lowest BCUT2D eigenvalue weighted by molar-refractivity contribution is -0.384. The molecule has 1 N–H and O–H groups in total. The van der Waals surface area contributed by atoms with Gasteiger partial charge in [-0.2, -0.15) is 5.26 Å². The zero-order valence-electron chi connectivity index (χ0n) is 15.4. The highest BCUT2D eigenvalue weighted by atomic mass is 35.5. The quantitative estimate of drug-likeness (QED) is 0.320. The molecule has 0 aliphatic carbocycles. The lowest BCUT2D eigenvalue weighted by atomic mass is 10.1. The number of halogens is 1. The average molecular weight is 399 g/mol. The van der Waals surface area contributed by atoms with Crippen molar-refractivity contribution in [2.75, 3.05) is 5.32 Å². The molecule has 28 heavy (non-hydrogen) atoms. The Balaban J connectivity index is 2.22. The van der Waals surface area contributed by atoms with Crippen LogP contribution in [-0.2, 0) is 11.3 Å². The number of nitrogens with zero attached hydrogens (tertiary/aromatic N) is 3. The Morgan fingerprint density at radius 1 is 1.32 bits per heavy atom. The summed E-state index contributed by atoms with van der Waals surface area (Å²) in [5.41, 5.74) is 0.916. The molecule has 0 aliphatic heterocycles. The Labute approximate surface area is 168 Å². The second-order valence-electron chi connectivity index (χ2n) is 6.25. The third-order valence-corrected chi connectivity index (χ3v) is 4.28. The largest absolute Gasteiger partial charge is 0.360 e. The van der Waals surface area contributed by atoms with E-state index in [1.54, 1.807) is 4.90 Å². The molecule has 7 nitrogen and oxygen atoms in total. The molecule has 0 aromatic heterocycles. The van der Waals surface area contributed by atoms with Gasteiger partial charge in [0.05, 0.1) is 4.92 Å². The van der Waals surface area contributed by atoms with Gasteiger partial charge in [-0.05, 0) is 31.5 Å². The van der Waals surface area contributed by atoms with Gasteiger partial charge in [-0.25, -0.2) is 0 Å². The second kappa shape index (κ2) is 9.53. The van der Waals surface area contributed by atoms with Crippen LogP contribution in [0.15, 0.2) is 60.3 Å². The standard InChI is InChI=1S/C20H19ClN4O3/c1-14(2)24(13-15-6-4-3-5-7-15)20(26)16(11-22)12-23-17-8-9-18(21)19(10-17)25(27)28/h3-10,12,14,23H,13H2,1-2H3/b16-12-. The monoisotopic (exact) mass is 398 g/mol. The number of amides is 1. The molecule has 0 fully saturated rings. The van der Waals surface area contributed by atoms with Gasteiger partial charge < -0.3 is 10.2 Å². The van der Waals surface area contributed by atoms with Gasteiger partial charge in [-0.3, -0.25) is 14.9 Å². The molecule has 0 atom stereocenters. The summed E-state index contributed by atoms with van der Waals surface area (Å²) in [4.78, 5) is 24.8. The van der Waals surface area contributed by atoms with Gasteiger partial charge in [0.15, 0.2) is 0 Å². The zero-order chi connectivity index (χ0) is 20.7. The SMILES string of the molecule is CC(C)N(Cc1ccccc1)C(=O)/C(C#N)=C\Nc1ccc(Cl)c([N+](=O)[O-])c1. The molecule has 0 spiro atoms. The van der Waals surface area contributed by atoms with Crippen molar-refractivity contribution in [3.8, 4) is 6.07 Å². The summed E-state index contributed by atoms with van der Waals surface area (Å²) < 4.78 is 0. The van der Waals surface area contributed by atoms with Gasteiger partial charge in [0.1, 0.15) is 16.7 Å². The number of nitriles is 1. The smallest absolute Gasteiger partial charge is 0.289 e. The maximum atomic E-state index is 12.8. The third kappa shape index (κ3) is 5.32. The molecular formula is C20H19ClN4O3. The summed E-state index contributed by atoms with van der Waals surface area (Å²) in [5.74, 6) is -0.433. The van der Waals surface area contributed by atoms with Crippen molar-refractivity contribution in [3.05, 3.63) is 81.0 Å². The highest BCUT2D eigenvalue weighted by molar-refractivity contribution is 6.32. The molecular weight excluding hydrogens is 380 g/mol. The minimum atomic E-state index is -0.603. The van der Waals surface area contributed by atoms with Gasteiger partial charge >= 0.3 is 0 Å². The van der Waals surface area contributed by atoms with Crippen LogP contribution in [0.1, 0.15) is 19.4 Å². The fourth-order valence-electron chi connectivity index (χ4n) is 2.46. The fraction of sp³-hybridized carbons (Fsp3) is 0.200. The van der Waals surface area contributed by atoms with E-state index in [2.05, 4.69) is 5.32 Å². The number of carbonyl (C=O) groups is 1. The topological polar surface area (TPSA) is 99.3 Å². The number of nitro groups is 1. The Kier molecular flexibility index (Phi) is 7.13. The number of benzene rings is 2. The molecule has 2 aromatic rings. The number of hydrogen-bond donors (Lipinski definition) is 1. The molecule has 2 rings (SSSR count). The molecule has 0 saturated heterocycles. The molecule has 0 saturated carbocycles. The molecule has 8 heteroatoms. The summed E-state index contributed by atoms with van der Waals surface area (Å²) in [6.07, 6.45) is 1.25. The molecule has 1 amide bonds. The van der Waals surface area contributed by atoms with Crippen molar-refractivity contribution in [2.45, 2.75) is 26.4 Å². The van der Waals surface area contributed by atoms with Crippen LogP contribution >= 0.6 is 11.6 Å². The van der Waals surface area contributed by atoms with E-state index in [0.717, 1.165) is 5.56 Å². The first-order valence-electron chi connectivity index (χ1n) is 8.49. The Morgan fingerprint density at radius 2 is 2.00 bits per heavy atom. The number of anilines is 1. The Hall–Kier alpha value is -3.37. The van der Waals surface area contributed by atoms with E-state index in [1.807, 2.05) is 50.2 Å². The van der Waals surface area contributed by atoms with Crippen molar-refractivity contribution in [3.63, 3.8) is 0 Å². The molecule has 0 bridgehead atoms. The molecule has 0 unspecified atom stereocenters. The fourth-order valence-corrected chi connectivity index (χ4v) is 2.65. The minimum absolute atomic E-state index is 0.00459. The van der Waals surface area contributed by atoms with Crippen molar-refractivity contribution in [1.82, 2.24) is 4.90 Å². The lowest BCUT2D eigenvalue weighted by Crippen LogP contribution is -2.37. The van der Waals surface area contributed by atoms with Crippen LogP contribution in [0.5, 0.6) is 0 Å². The van der Waals surface area contributed by atoms with Gasteiger partial charge in [0.25, 0.3) is 11.6 Å². The molecule has 0 aliphatic rings. The van der Waals surface area contributed by atoms with E-state index in [-0.39, 0.29) is 22.3 Å². The summed E-state index contributed by atoms with van der Waals surface area (Å²) in [7, 11) is 0. The highest BCUT2D eigenvalue weighted by Gasteiger charge is 2.21. The molecule has 0 heterocycles. The van der Waals surface area contributed by atoms with Crippen LogP contribution in [-0.4, -0.2) is 21.8 Å². The van der Waals surface area contributed by atoms with Crippen molar-refractivity contribution in [1.29, 1.82) is 5.26 Å². The molecule has 0 radical (unpaired) electrons. The Morgan fingerprint density at radius 3 is 2.57 bits per heavy atom. The molecule has 2 aromatic carbocycles. The first kappa shape index (κ1) is 20.9. The van der Waals surface area contributed by atoms with Crippen LogP contribution in [0.25, 0.3) is 0 Å². The first-order valence-corrected chi connectivity index (χ1v) is 8.87. The first-order chi connectivity index (χ1) is 13.3. The van der Waals surface area contributed by atoms with Crippen LogP contribution in [0.4, 0.5) is 11.4 Å². The number of hydrogen-bond acceptors (Lipinski definition) is 5. The van der Waals surface area contributed by atoms with E-state index in [1.165, 1.54) is 24.4 Å². The number of nitro benzene ring substituents is 1. The summed E-state index contributed by atoms with van der Waals surface area (Å²) >= 11 is 5.79. The summed E-state index contributed by atoms with van der Waals surface area (Å²) in [6.45, 7) is 4.10. The maximum Gasteiger partial charge on any atom is 0.289 e. The normalized spacial score (nSPS) is 11.0.